The number of esters is 1. The molecule has 1 rings (SSSR count). The van der Waals surface area contributed by atoms with E-state index in [4.69, 9.17) is 33.7 Å². The molecule has 0 radical (unpaired) electrons. The Labute approximate surface area is 126 Å². The van der Waals surface area contributed by atoms with Crippen LogP contribution in [0.2, 0.25) is 10.0 Å². The van der Waals surface area contributed by atoms with Crippen LogP contribution in [0.25, 0.3) is 0 Å². The first-order valence-corrected chi connectivity index (χ1v) is 7.23. The highest BCUT2D eigenvalue weighted by Crippen LogP contribution is 2.33. The molecule has 2 N–H and O–H groups in total. The number of para-hydroxylation sites is 1. The number of nitrogens with two attached hydrogens (primary N) is 1. The van der Waals surface area contributed by atoms with E-state index in [0.29, 0.717) is 15.7 Å². The number of halogens is 2. The number of carbonyl (C=O) groups excluding carboxylic acids is 1. The lowest BCUT2D eigenvalue weighted by Crippen LogP contribution is -2.14. The van der Waals surface area contributed by atoms with Gasteiger partial charge in [0.05, 0.1) is 16.0 Å². The van der Waals surface area contributed by atoms with Crippen molar-refractivity contribution >= 4 is 51.8 Å². The van der Waals surface area contributed by atoms with Crippen molar-refractivity contribution in [1.29, 1.82) is 0 Å². The molecule has 0 heterocycles. The van der Waals surface area contributed by atoms with Gasteiger partial charge in [0.2, 0.25) is 0 Å². The number of rotatable bonds is 4. The lowest BCUT2D eigenvalue weighted by molar-refractivity contribution is -0.144. The van der Waals surface area contributed by atoms with E-state index in [1.807, 2.05) is 0 Å². The Morgan fingerprint density at radius 3 is 2.53 bits per heavy atom. The molecule has 0 fully saturated rings. The second-order valence-corrected chi connectivity index (χ2v) is 5.66. The average molecular weight is 321 g/mol. The number of ether oxygens (including phenoxy) is 1. The van der Waals surface area contributed by atoms with Gasteiger partial charge in [0.1, 0.15) is 11.6 Å². The van der Waals surface area contributed by atoms with Gasteiger partial charge in [-0.25, -0.2) is 4.99 Å². The van der Waals surface area contributed by atoms with E-state index < -0.39 is 0 Å². The minimum Gasteiger partial charge on any atom is -0.454 e. The van der Waals surface area contributed by atoms with E-state index in [1.165, 1.54) is 0 Å². The third-order valence-electron chi connectivity index (χ3n) is 2.04. The van der Waals surface area contributed by atoms with Gasteiger partial charge in [0.25, 0.3) is 0 Å². The number of aliphatic imine (C=N–C) groups is 1. The van der Waals surface area contributed by atoms with Crippen molar-refractivity contribution in [3.8, 4) is 0 Å². The van der Waals surface area contributed by atoms with E-state index in [-0.39, 0.29) is 23.0 Å². The van der Waals surface area contributed by atoms with Gasteiger partial charge in [0, 0.05) is 0 Å². The summed E-state index contributed by atoms with van der Waals surface area (Å²) in [6, 6.07) is 5.06. The molecule has 0 aliphatic rings. The summed E-state index contributed by atoms with van der Waals surface area (Å²) in [5, 5.41) is 1.05. The van der Waals surface area contributed by atoms with E-state index >= 15 is 0 Å². The molecule has 0 saturated carbocycles. The fourth-order valence-corrected chi connectivity index (χ4v) is 1.99. The largest absolute Gasteiger partial charge is 0.454 e. The number of amidine groups is 1. The first-order chi connectivity index (χ1) is 8.91. The topological polar surface area (TPSA) is 64.7 Å². The normalized spacial score (nSPS) is 11.7. The molecule has 1 aromatic rings. The number of hydrogen-bond donors (Lipinski definition) is 1. The Morgan fingerprint density at radius 1 is 1.42 bits per heavy atom. The zero-order chi connectivity index (χ0) is 14.4. The quantitative estimate of drug-likeness (QED) is 0.396. The lowest BCUT2D eigenvalue weighted by atomic mass is 10.2. The molecular weight excluding hydrogens is 307 g/mol. The molecule has 19 heavy (non-hydrogen) atoms. The van der Waals surface area contributed by atoms with Gasteiger partial charge in [-0.15, -0.1) is 0 Å². The van der Waals surface area contributed by atoms with Crippen molar-refractivity contribution < 1.29 is 9.53 Å². The molecule has 0 bridgehead atoms. The second-order valence-electron chi connectivity index (χ2n) is 3.90. The van der Waals surface area contributed by atoms with E-state index in [2.05, 4.69) is 4.99 Å². The Hall–Kier alpha value is -0.910. The highest BCUT2D eigenvalue weighted by atomic mass is 35.5. The third-order valence-corrected chi connectivity index (χ3v) is 3.27. The first-order valence-electron chi connectivity index (χ1n) is 5.49. The molecule has 0 aromatic heterocycles. The molecule has 0 amide bonds. The standard InChI is InChI=1S/C12H14Cl2N2O2S/c1-7(2)11(17)18-6-19-12(15)16-10-8(13)4-3-5-9(10)14/h3-5,7H,6H2,1-2H3,(H2,15,16). The molecule has 0 atom stereocenters. The summed E-state index contributed by atoms with van der Waals surface area (Å²) in [6.45, 7) is 3.52. The molecule has 0 spiro atoms. The van der Waals surface area contributed by atoms with Crippen molar-refractivity contribution in [2.45, 2.75) is 13.8 Å². The number of nitrogens with zero attached hydrogens (tertiary/aromatic N) is 1. The Balaban J connectivity index is 2.60. The van der Waals surface area contributed by atoms with Gasteiger partial charge in [-0.2, -0.15) is 0 Å². The van der Waals surface area contributed by atoms with Crippen LogP contribution in [-0.2, 0) is 9.53 Å². The Bertz CT molecular complexity index is 472. The molecule has 0 saturated heterocycles. The lowest BCUT2D eigenvalue weighted by Gasteiger charge is -2.07. The molecule has 0 aliphatic carbocycles. The van der Waals surface area contributed by atoms with Crippen LogP contribution in [0.1, 0.15) is 13.8 Å². The van der Waals surface area contributed by atoms with Gasteiger partial charge in [0.15, 0.2) is 5.17 Å². The van der Waals surface area contributed by atoms with Crippen LogP contribution in [-0.4, -0.2) is 17.1 Å². The van der Waals surface area contributed by atoms with Crippen molar-refractivity contribution in [1.82, 2.24) is 0 Å². The maximum Gasteiger partial charge on any atom is 0.309 e. The summed E-state index contributed by atoms with van der Waals surface area (Å²) >= 11 is 13.0. The predicted molar refractivity (Wildman–Crippen MR) is 81.1 cm³/mol. The summed E-state index contributed by atoms with van der Waals surface area (Å²) in [4.78, 5) is 15.3. The zero-order valence-electron chi connectivity index (χ0n) is 10.5. The van der Waals surface area contributed by atoms with Crippen LogP contribution in [0.3, 0.4) is 0 Å². The van der Waals surface area contributed by atoms with Gasteiger partial charge in [-0.1, -0.05) is 43.1 Å². The number of benzene rings is 1. The minimum atomic E-state index is -0.281. The Kier molecular flexibility index (Phi) is 6.48. The molecule has 0 aliphatic heterocycles. The van der Waals surface area contributed by atoms with Crippen molar-refractivity contribution in [2.75, 3.05) is 5.94 Å². The molecule has 104 valence electrons. The molecule has 0 unspecified atom stereocenters. The van der Waals surface area contributed by atoms with Crippen LogP contribution in [0.4, 0.5) is 5.69 Å². The smallest absolute Gasteiger partial charge is 0.309 e. The third kappa shape index (κ3) is 5.30. The maximum absolute atomic E-state index is 11.2. The Morgan fingerprint density at radius 2 is 2.00 bits per heavy atom. The molecular formula is C12H14Cl2N2O2S. The predicted octanol–water partition coefficient (Wildman–Crippen LogP) is 3.83. The van der Waals surface area contributed by atoms with Crippen LogP contribution < -0.4 is 5.73 Å². The van der Waals surface area contributed by atoms with Crippen LogP contribution in [0.15, 0.2) is 23.2 Å². The van der Waals surface area contributed by atoms with E-state index in [1.54, 1.807) is 32.0 Å². The van der Waals surface area contributed by atoms with Gasteiger partial charge in [-0.3, -0.25) is 4.79 Å². The van der Waals surface area contributed by atoms with Crippen LogP contribution in [0, 0.1) is 5.92 Å². The van der Waals surface area contributed by atoms with Gasteiger partial charge < -0.3 is 10.5 Å². The highest BCUT2D eigenvalue weighted by molar-refractivity contribution is 8.13. The van der Waals surface area contributed by atoms with Crippen LogP contribution >= 0.6 is 35.0 Å². The van der Waals surface area contributed by atoms with Gasteiger partial charge >= 0.3 is 5.97 Å². The summed E-state index contributed by atoms with van der Waals surface area (Å²) in [5.41, 5.74) is 6.12. The van der Waals surface area contributed by atoms with E-state index in [0.717, 1.165) is 11.8 Å². The summed E-state index contributed by atoms with van der Waals surface area (Å²) in [6.07, 6.45) is 0. The minimum absolute atomic E-state index is 0.106. The SMILES string of the molecule is CC(C)C(=O)OCSC(N)=Nc1c(Cl)cccc1Cl. The second kappa shape index (κ2) is 7.62. The summed E-state index contributed by atoms with van der Waals surface area (Å²) < 4.78 is 4.97. The monoisotopic (exact) mass is 320 g/mol. The molecule has 4 nitrogen and oxygen atoms in total. The number of carbonyl (C=O) groups is 1. The molecule has 1 aromatic carbocycles. The van der Waals surface area contributed by atoms with E-state index in [9.17, 15) is 4.79 Å². The van der Waals surface area contributed by atoms with Crippen molar-refractivity contribution in [3.63, 3.8) is 0 Å². The maximum atomic E-state index is 11.2. The molecule has 7 heteroatoms. The number of thioether (sulfide) groups is 1. The summed E-state index contributed by atoms with van der Waals surface area (Å²) in [7, 11) is 0. The zero-order valence-corrected chi connectivity index (χ0v) is 12.9. The van der Waals surface area contributed by atoms with Crippen LogP contribution in [0.5, 0.6) is 0 Å². The summed E-state index contributed by atoms with van der Waals surface area (Å²) in [5.74, 6) is -0.345. The fraction of sp³-hybridized carbons (Fsp3) is 0.333. The van der Waals surface area contributed by atoms with Crippen molar-refractivity contribution in [2.24, 2.45) is 16.6 Å². The number of hydrogen-bond acceptors (Lipinski definition) is 4. The first kappa shape index (κ1) is 16.1. The fourth-order valence-electron chi connectivity index (χ4n) is 1.05. The average Bonchev–Trinajstić information content (AvgIpc) is 2.33. The highest BCUT2D eigenvalue weighted by Gasteiger charge is 2.09. The van der Waals surface area contributed by atoms with Crippen molar-refractivity contribution in [3.05, 3.63) is 28.2 Å². The van der Waals surface area contributed by atoms with Gasteiger partial charge in [-0.05, 0) is 23.9 Å².